The van der Waals surface area contributed by atoms with Gasteiger partial charge in [-0.1, -0.05) is 43.5 Å². The first kappa shape index (κ1) is 17.5. The standard InChI is InChI=1S/C19H21ClN4O/c1-3-4-5-10-23-13(2)16(11-21)18(25)24-12-17(22-19(23)24)14-6-8-15(20)9-7-14/h6-9,12,18,25H,3-5,10H2,1-2H3. The van der Waals surface area contributed by atoms with Crippen molar-refractivity contribution in [3.05, 3.63) is 46.8 Å². The second-order valence-electron chi connectivity index (χ2n) is 6.18. The molecule has 3 rings (SSSR count). The van der Waals surface area contributed by atoms with E-state index < -0.39 is 6.23 Å². The zero-order chi connectivity index (χ0) is 18.0. The molecule has 0 spiro atoms. The quantitative estimate of drug-likeness (QED) is 0.801. The van der Waals surface area contributed by atoms with Gasteiger partial charge in [0.25, 0.3) is 0 Å². The zero-order valence-corrected chi connectivity index (χ0v) is 15.2. The van der Waals surface area contributed by atoms with E-state index in [1.165, 1.54) is 0 Å². The third kappa shape index (κ3) is 3.28. The number of halogens is 1. The number of benzene rings is 1. The lowest BCUT2D eigenvalue weighted by Gasteiger charge is -2.32. The second-order valence-corrected chi connectivity index (χ2v) is 6.62. The maximum Gasteiger partial charge on any atom is 0.212 e. The number of aliphatic hydroxyl groups is 1. The first-order valence-electron chi connectivity index (χ1n) is 8.48. The van der Waals surface area contributed by atoms with Gasteiger partial charge in [-0.3, -0.25) is 4.57 Å². The van der Waals surface area contributed by atoms with Crippen LogP contribution in [0.25, 0.3) is 11.3 Å². The molecule has 2 aromatic rings. The largest absolute Gasteiger partial charge is 0.368 e. The average molecular weight is 357 g/mol. The van der Waals surface area contributed by atoms with Gasteiger partial charge >= 0.3 is 0 Å². The predicted octanol–water partition coefficient (Wildman–Crippen LogP) is 4.50. The molecule has 0 saturated heterocycles. The lowest BCUT2D eigenvalue weighted by atomic mass is 10.1. The number of allylic oxidation sites excluding steroid dienone is 1. The van der Waals surface area contributed by atoms with Gasteiger partial charge in [-0.05, 0) is 25.5 Å². The number of unbranched alkanes of at least 4 members (excludes halogenated alkanes) is 2. The summed E-state index contributed by atoms with van der Waals surface area (Å²) in [5, 5.41) is 20.7. The molecule has 0 bridgehead atoms. The van der Waals surface area contributed by atoms with Crippen molar-refractivity contribution in [2.45, 2.75) is 39.3 Å². The minimum Gasteiger partial charge on any atom is -0.368 e. The SMILES string of the molecule is CCCCCN1C(C)=C(C#N)C(O)n2cc(-c3ccc(Cl)cc3)nc21. The molecular weight excluding hydrogens is 336 g/mol. The van der Waals surface area contributed by atoms with Crippen LogP contribution < -0.4 is 4.90 Å². The summed E-state index contributed by atoms with van der Waals surface area (Å²) in [7, 11) is 0. The molecule has 25 heavy (non-hydrogen) atoms. The lowest BCUT2D eigenvalue weighted by molar-refractivity contribution is 0.142. The monoisotopic (exact) mass is 356 g/mol. The second kappa shape index (κ2) is 7.30. The summed E-state index contributed by atoms with van der Waals surface area (Å²) in [6.45, 7) is 4.80. The van der Waals surface area contributed by atoms with Gasteiger partial charge in [0.15, 0.2) is 6.23 Å². The molecule has 0 fully saturated rings. The Morgan fingerprint density at radius 3 is 2.64 bits per heavy atom. The highest BCUT2D eigenvalue weighted by Crippen LogP contribution is 2.36. The number of rotatable bonds is 5. The Morgan fingerprint density at radius 1 is 1.28 bits per heavy atom. The molecule has 2 heterocycles. The molecule has 0 amide bonds. The fraction of sp³-hybridized carbons (Fsp3) is 0.368. The number of anilines is 1. The lowest BCUT2D eigenvalue weighted by Crippen LogP contribution is -2.33. The normalized spacial score (nSPS) is 16.8. The summed E-state index contributed by atoms with van der Waals surface area (Å²) in [5.74, 6) is 0.671. The minimum absolute atomic E-state index is 0.365. The van der Waals surface area contributed by atoms with Gasteiger partial charge < -0.3 is 10.0 Å². The van der Waals surface area contributed by atoms with Gasteiger partial charge in [0.2, 0.25) is 5.95 Å². The predicted molar refractivity (Wildman–Crippen MR) is 99.1 cm³/mol. The highest BCUT2D eigenvalue weighted by molar-refractivity contribution is 6.30. The van der Waals surface area contributed by atoms with Crippen LogP contribution in [0.1, 0.15) is 39.3 Å². The van der Waals surface area contributed by atoms with Gasteiger partial charge in [0.05, 0.1) is 11.3 Å². The van der Waals surface area contributed by atoms with Gasteiger partial charge in [-0.15, -0.1) is 0 Å². The third-order valence-electron chi connectivity index (χ3n) is 4.52. The van der Waals surface area contributed by atoms with Crippen LogP contribution in [0.2, 0.25) is 5.02 Å². The van der Waals surface area contributed by atoms with Crippen molar-refractivity contribution in [3.8, 4) is 17.3 Å². The van der Waals surface area contributed by atoms with Crippen LogP contribution in [0, 0.1) is 11.3 Å². The van der Waals surface area contributed by atoms with E-state index in [0.717, 1.165) is 42.8 Å². The Labute approximate surface area is 152 Å². The van der Waals surface area contributed by atoms with Crippen molar-refractivity contribution in [1.29, 1.82) is 5.26 Å². The fourth-order valence-electron chi connectivity index (χ4n) is 3.07. The first-order valence-corrected chi connectivity index (χ1v) is 8.86. The molecule has 1 atom stereocenters. The van der Waals surface area contributed by atoms with E-state index in [2.05, 4.69) is 13.0 Å². The molecule has 1 aliphatic rings. The third-order valence-corrected chi connectivity index (χ3v) is 4.77. The first-order chi connectivity index (χ1) is 12.1. The Morgan fingerprint density at radius 2 is 2.00 bits per heavy atom. The number of nitrogens with zero attached hydrogens (tertiary/aromatic N) is 4. The van der Waals surface area contributed by atoms with Crippen molar-refractivity contribution in [3.63, 3.8) is 0 Å². The van der Waals surface area contributed by atoms with Gasteiger partial charge in [-0.2, -0.15) is 5.26 Å². The molecule has 1 N–H and O–H groups in total. The topological polar surface area (TPSA) is 65.1 Å². The van der Waals surface area contributed by atoms with E-state index in [1.807, 2.05) is 36.1 Å². The highest BCUT2D eigenvalue weighted by Gasteiger charge is 2.31. The molecule has 1 aromatic carbocycles. The van der Waals surface area contributed by atoms with Gasteiger partial charge in [0, 0.05) is 29.0 Å². The van der Waals surface area contributed by atoms with Crippen molar-refractivity contribution in [2.24, 2.45) is 0 Å². The minimum atomic E-state index is -1.00. The van der Waals surface area contributed by atoms with E-state index in [4.69, 9.17) is 16.6 Å². The summed E-state index contributed by atoms with van der Waals surface area (Å²) in [5.41, 5.74) is 2.80. The zero-order valence-electron chi connectivity index (χ0n) is 14.4. The number of fused-ring (bicyclic) bond motifs is 1. The molecule has 5 nitrogen and oxygen atoms in total. The van der Waals surface area contributed by atoms with E-state index in [-0.39, 0.29) is 0 Å². The van der Waals surface area contributed by atoms with Crippen LogP contribution in [-0.2, 0) is 0 Å². The number of nitriles is 1. The number of hydrogen-bond acceptors (Lipinski definition) is 4. The molecule has 1 aromatic heterocycles. The van der Waals surface area contributed by atoms with E-state index in [1.54, 1.807) is 10.8 Å². The fourth-order valence-corrected chi connectivity index (χ4v) is 3.20. The van der Waals surface area contributed by atoms with Crippen molar-refractivity contribution in [1.82, 2.24) is 9.55 Å². The molecule has 0 radical (unpaired) electrons. The molecule has 0 aliphatic carbocycles. The van der Waals surface area contributed by atoms with Crippen molar-refractivity contribution < 1.29 is 5.11 Å². The van der Waals surface area contributed by atoms with Gasteiger partial charge in [0.1, 0.15) is 6.07 Å². The molecule has 1 unspecified atom stereocenters. The molecule has 0 saturated carbocycles. The Hall–Kier alpha value is -2.29. The van der Waals surface area contributed by atoms with Crippen LogP contribution in [0.15, 0.2) is 41.7 Å². The number of aromatic nitrogens is 2. The Kier molecular flexibility index (Phi) is 5.12. The van der Waals surface area contributed by atoms with Crippen LogP contribution >= 0.6 is 11.6 Å². The summed E-state index contributed by atoms with van der Waals surface area (Å²) in [6.07, 6.45) is 4.02. The summed E-state index contributed by atoms with van der Waals surface area (Å²) in [6, 6.07) is 9.57. The van der Waals surface area contributed by atoms with Crippen LogP contribution in [-0.4, -0.2) is 21.2 Å². The summed E-state index contributed by atoms with van der Waals surface area (Å²) in [4.78, 5) is 6.75. The van der Waals surface area contributed by atoms with Crippen LogP contribution in [0.4, 0.5) is 5.95 Å². The average Bonchev–Trinajstić information content (AvgIpc) is 3.04. The smallest absolute Gasteiger partial charge is 0.212 e. The van der Waals surface area contributed by atoms with Crippen molar-refractivity contribution in [2.75, 3.05) is 11.4 Å². The van der Waals surface area contributed by atoms with E-state index in [0.29, 0.717) is 16.5 Å². The summed E-state index contributed by atoms with van der Waals surface area (Å²) < 4.78 is 1.67. The number of imidazole rings is 1. The van der Waals surface area contributed by atoms with E-state index in [9.17, 15) is 10.4 Å². The molecule has 130 valence electrons. The van der Waals surface area contributed by atoms with Gasteiger partial charge in [-0.25, -0.2) is 4.98 Å². The molecule has 6 heteroatoms. The highest BCUT2D eigenvalue weighted by atomic mass is 35.5. The van der Waals surface area contributed by atoms with E-state index >= 15 is 0 Å². The van der Waals surface area contributed by atoms with Crippen molar-refractivity contribution >= 4 is 17.5 Å². The van der Waals surface area contributed by atoms with Crippen LogP contribution in [0.5, 0.6) is 0 Å². The maximum atomic E-state index is 10.6. The van der Waals surface area contributed by atoms with Crippen LogP contribution in [0.3, 0.4) is 0 Å². The Balaban J connectivity index is 2.02. The summed E-state index contributed by atoms with van der Waals surface area (Å²) >= 11 is 5.96. The maximum absolute atomic E-state index is 10.6. The Bertz CT molecular complexity index is 832. The molecular formula is C19H21ClN4O. The molecule has 1 aliphatic heterocycles. The number of aliphatic hydroxyl groups excluding tert-OH is 1. The number of hydrogen-bond donors (Lipinski definition) is 1.